The van der Waals surface area contributed by atoms with Gasteiger partial charge in [-0.05, 0) is 26.0 Å². The molecule has 0 saturated carbocycles. The molecule has 6 rings (SSSR count). The summed E-state index contributed by atoms with van der Waals surface area (Å²) in [5.74, 6) is -12.6. The Morgan fingerprint density at radius 3 is 1.37 bits per heavy atom. The van der Waals surface area contributed by atoms with Crippen LogP contribution in [0.1, 0.15) is 28.1 Å². The summed E-state index contributed by atoms with van der Waals surface area (Å²) in [6.07, 6.45) is 0. The Morgan fingerprint density at radius 2 is 0.951 bits per heavy atom. The average molecular weight is 564 g/mol. The minimum atomic E-state index is -2.32. The van der Waals surface area contributed by atoms with Gasteiger partial charge in [-0.2, -0.15) is 0 Å². The highest BCUT2D eigenvalue weighted by molar-refractivity contribution is 6.51. The predicted molar refractivity (Wildman–Crippen MR) is 144 cm³/mol. The van der Waals surface area contributed by atoms with Crippen LogP contribution < -0.4 is 0 Å². The molecule has 10 heteroatoms. The number of para-hydroxylation sites is 2. The number of amides is 2. The van der Waals surface area contributed by atoms with Crippen molar-refractivity contribution in [3.63, 3.8) is 0 Å². The van der Waals surface area contributed by atoms with Crippen LogP contribution in [0.5, 0.6) is 0 Å². The van der Waals surface area contributed by atoms with E-state index < -0.39 is 53.0 Å². The quantitative estimate of drug-likeness (QED) is 0.109. The largest absolute Gasteiger partial charge is 0.347 e. The van der Waals surface area contributed by atoms with E-state index in [-0.39, 0.29) is 11.1 Å². The third-order valence-corrected chi connectivity index (χ3v) is 8.08. The lowest BCUT2D eigenvalue weighted by Crippen LogP contribution is -2.32. The van der Waals surface area contributed by atoms with Crippen molar-refractivity contribution >= 4 is 44.8 Å². The summed E-state index contributed by atoms with van der Waals surface area (Å²) in [5, 5.41) is 1.33. The number of benzene rings is 3. The van der Waals surface area contributed by atoms with Gasteiger partial charge in [-0.1, -0.05) is 36.4 Å². The lowest BCUT2D eigenvalue weighted by atomic mass is 9.93. The fourth-order valence-electron chi connectivity index (χ4n) is 5.80. The Kier molecular flexibility index (Phi) is 5.91. The molecule has 2 amide bonds. The monoisotopic (exact) mass is 563 g/mol. The van der Waals surface area contributed by atoms with E-state index in [2.05, 4.69) is 0 Å². The van der Waals surface area contributed by atoms with Gasteiger partial charge in [0, 0.05) is 64.0 Å². The second kappa shape index (κ2) is 9.15. The van der Waals surface area contributed by atoms with Crippen molar-refractivity contribution in [2.45, 2.75) is 20.4 Å². The molecule has 41 heavy (non-hydrogen) atoms. The first kappa shape index (κ1) is 26.5. The summed E-state index contributed by atoms with van der Waals surface area (Å²) in [4.78, 5) is 28.8. The Labute approximate surface area is 230 Å². The molecule has 0 unspecified atom stereocenters. The molecule has 3 aromatic carbocycles. The van der Waals surface area contributed by atoms with E-state index in [1.165, 1.54) is 0 Å². The van der Waals surface area contributed by atoms with Crippen LogP contribution in [-0.4, -0.2) is 25.8 Å². The van der Waals surface area contributed by atoms with Crippen LogP contribution in [-0.2, 0) is 30.2 Å². The predicted octanol–water partition coefficient (Wildman–Crippen LogP) is 6.46. The number of fused-ring (bicyclic) bond motifs is 2. The van der Waals surface area contributed by atoms with Gasteiger partial charge in [-0.3, -0.25) is 14.5 Å². The van der Waals surface area contributed by atoms with Gasteiger partial charge < -0.3 is 9.13 Å². The van der Waals surface area contributed by atoms with Gasteiger partial charge in [0.25, 0.3) is 11.8 Å². The van der Waals surface area contributed by atoms with Crippen LogP contribution in [0.3, 0.4) is 0 Å². The van der Waals surface area contributed by atoms with E-state index in [0.717, 1.165) is 11.0 Å². The highest BCUT2D eigenvalue weighted by Crippen LogP contribution is 2.44. The fraction of sp³-hybridized carbons (Fsp3) is 0.161. The molecule has 5 aromatic rings. The SMILES string of the molecule is Cc1c(C2=C(c3c(C)n(C)c4ccccc34)C(=O)N(Cc3c(F)c(F)c(F)c(F)c3F)C2=O)c2ccccc2n1C. The van der Waals surface area contributed by atoms with Crippen LogP contribution in [0.25, 0.3) is 33.0 Å². The van der Waals surface area contributed by atoms with Gasteiger partial charge in [0.05, 0.1) is 17.7 Å². The molecule has 0 N–H and O–H groups in total. The molecule has 1 aliphatic heterocycles. The normalized spacial score (nSPS) is 14.0. The number of carbonyl (C=O) groups is 2. The maximum atomic E-state index is 14.7. The van der Waals surface area contributed by atoms with Gasteiger partial charge in [-0.25, -0.2) is 22.0 Å². The number of aromatic nitrogens is 2. The molecular weight excluding hydrogens is 541 g/mol. The molecule has 0 atom stereocenters. The Bertz CT molecular complexity index is 1880. The Balaban J connectivity index is 1.66. The van der Waals surface area contributed by atoms with Crippen LogP contribution in [0.2, 0.25) is 0 Å². The number of nitrogens with zero attached hydrogens (tertiary/aromatic N) is 3. The standard InChI is InChI=1S/C31H22F5N3O2/c1-14-21(16-9-5-7-11-19(16)37(14)3)23-24(22-15(2)38(4)20-12-8-6-10-17(20)22)31(41)39(30(23)40)13-18-25(32)27(34)29(36)28(35)26(18)33/h5-12H,13H2,1-4H3. The van der Waals surface area contributed by atoms with Crippen molar-refractivity contribution in [3.8, 4) is 0 Å². The van der Waals surface area contributed by atoms with Crippen LogP contribution >= 0.6 is 0 Å². The van der Waals surface area contributed by atoms with Gasteiger partial charge in [0.1, 0.15) is 0 Å². The Morgan fingerprint density at radius 1 is 0.585 bits per heavy atom. The molecule has 0 bridgehead atoms. The van der Waals surface area contributed by atoms with E-state index in [1.807, 2.05) is 33.4 Å². The second-order valence-electron chi connectivity index (χ2n) is 10.1. The zero-order valence-corrected chi connectivity index (χ0v) is 22.4. The summed E-state index contributed by atoms with van der Waals surface area (Å²) in [5.41, 5.74) is 2.46. The summed E-state index contributed by atoms with van der Waals surface area (Å²) < 4.78 is 75.0. The number of rotatable bonds is 4. The van der Waals surface area contributed by atoms with Crippen molar-refractivity contribution < 1.29 is 31.5 Å². The number of hydrogen-bond donors (Lipinski definition) is 0. The first-order valence-electron chi connectivity index (χ1n) is 12.7. The zero-order chi connectivity index (χ0) is 29.5. The van der Waals surface area contributed by atoms with Crippen LogP contribution in [0, 0.1) is 42.9 Å². The maximum Gasteiger partial charge on any atom is 0.262 e. The van der Waals surface area contributed by atoms with Crippen molar-refractivity contribution in [2.24, 2.45) is 14.1 Å². The van der Waals surface area contributed by atoms with E-state index in [0.29, 0.717) is 38.2 Å². The smallest absolute Gasteiger partial charge is 0.262 e. The van der Waals surface area contributed by atoms with Gasteiger partial charge in [0.2, 0.25) is 5.82 Å². The zero-order valence-electron chi connectivity index (χ0n) is 22.4. The summed E-state index contributed by atoms with van der Waals surface area (Å²) in [7, 11) is 3.61. The summed E-state index contributed by atoms with van der Waals surface area (Å²) in [6.45, 7) is 2.41. The van der Waals surface area contributed by atoms with Crippen molar-refractivity contribution in [1.29, 1.82) is 0 Å². The fourth-order valence-corrected chi connectivity index (χ4v) is 5.80. The first-order chi connectivity index (χ1) is 19.5. The molecular formula is C31H22F5N3O2. The van der Waals surface area contributed by atoms with Crippen molar-refractivity contribution in [1.82, 2.24) is 14.0 Å². The summed E-state index contributed by atoms with van der Waals surface area (Å²) >= 11 is 0. The highest BCUT2D eigenvalue weighted by Gasteiger charge is 2.44. The van der Waals surface area contributed by atoms with E-state index in [1.54, 1.807) is 52.2 Å². The molecule has 0 aliphatic carbocycles. The van der Waals surface area contributed by atoms with Crippen molar-refractivity contribution in [3.05, 3.63) is 106 Å². The third-order valence-electron chi connectivity index (χ3n) is 8.08. The number of imide groups is 1. The maximum absolute atomic E-state index is 14.7. The minimum Gasteiger partial charge on any atom is -0.347 e. The lowest BCUT2D eigenvalue weighted by molar-refractivity contribution is -0.136. The number of aryl methyl sites for hydroxylation is 2. The molecule has 5 nitrogen and oxygen atoms in total. The molecule has 208 valence electrons. The molecule has 0 radical (unpaired) electrons. The third kappa shape index (κ3) is 3.52. The number of carbonyl (C=O) groups excluding carboxylic acids is 2. The molecule has 1 aliphatic rings. The van der Waals surface area contributed by atoms with Crippen molar-refractivity contribution in [2.75, 3.05) is 0 Å². The number of halogens is 5. The second-order valence-corrected chi connectivity index (χ2v) is 10.1. The van der Waals surface area contributed by atoms with E-state index in [4.69, 9.17) is 0 Å². The van der Waals surface area contributed by atoms with Gasteiger partial charge in [-0.15, -0.1) is 0 Å². The van der Waals surface area contributed by atoms with Gasteiger partial charge >= 0.3 is 0 Å². The molecule has 0 fully saturated rings. The van der Waals surface area contributed by atoms with Gasteiger partial charge in [0.15, 0.2) is 23.3 Å². The highest BCUT2D eigenvalue weighted by atomic mass is 19.2. The Hall–Kier alpha value is -4.73. The first-order valence-corrected chi connectivity index (χ1v) is 12.7. The molecule has 0 spiro atoms. The number of hydrogen-bond acceptors (Lipinski definition) is 2. The molecule has 0 saturated heterocycles. The molecule has 3 heterocycles. The molecule has 2 aromatic heterocycles. The topological polar surface area (TPSA) is 47.2 Å². The summed E-state index contributed by atoms with van der Waals surface area (Å²) in [6, 6.07) is 14.5. The average Bonchev–Trinajstić information content (AvgIpc) is 3.47. The van der Waals surface area contributed by atoms with E-state index >= 15 is 0 Å². The van der Waals surface area contributed by atoms with Crippen LogP contribution in [0.15, 0.2) is 48.5 Å². The minimum absolute atomic E-state index is 0.00683. The van der Waals surface area contributed by atoms with E-state index in [9.17, 15) is 31.5 Å². The van der Waals surface area contributed by atoms with Crippen LogP contribution in [0.4, 0.5) is 22.0 Å². The lowest BCUT2D eigenvalue weighted by Gasteiger charge is -2.17.